The fourth-order valence-corrected chi connectivity index (χ4v) is 1.87. The van der Waals surface area contributed by atoms with E-state index in [9.17, 15) is 0 Å². The Bertz CT molecular complexity index is 377. The summed E-state index contributed by atoms with van der Waals surface area (Å²) in [6.07, 6.45) is 3.49. The Hall–Kier alpha value is -1.58. The van der Waals surface area contributed by atoms with Gasteiger partial charge in [-0.3, -0.25) is 0 Å². The monoisotopic (exact) mass is 158 g/mol. The van der Waals surface area contributed by atoms with E-state index in [1.54, 1.807) is 12.4 Å². The second kappa shape index (κ2) is 1.33. The van der Waals surface area contributed by atoms with Crippen LogP contribution in [0.25, 0.3) is 0 Å². The highest BCUT2D eigenvalue weighted by molar-refractivity contribution is 6.18. The minimum absolute atomic E-state index is 0.873. The zero-order chi connectivity index (χ0) is 7.71. The highest BCUT2D eigenvalue weighted by atomic mass is 15.5. The minimum atomic E-state index is 0.873. The number of hydrogen-bond acceptors (Lipinski definition) is 4. The summed E-state index contributed by atoms with van der Waals surface area (Å²) in [6, 6.07) is 0. The fourth-order valence-electron chi connectivity index (χ4n) is 1.87. The molecule has 0 amide bonds. The Morgan fingerprint density at radius 2 is 1.58 bits per heavy atom. The Balaban J connectivity index is 1.93. The van der Waals surface area contributed by atoms with Gasteiger partial charge in [-0.2, -0.15) is 0 Å². The molecule has 0 aromatic rings. The van der Waals surface area contributed by atoms with E-state index in [0.29, 0.717) is 0 Å². The second-order valence-electron chi connectivity index (χ2n) is 3.27. The zero-order valence-corrected chi connectivity index (χ0v) is 6.36. The maximum Gasteiger partial charge on any atom is 0.194 e. The molecule has 0 aromatic heterocycles. The summed E-state index contributed by atoms with van der Waals surface area (Å²) in [4.78, 5) is 12.9. The Kier molecular flexibility index (Phi) is 0.568. The molecule has 2 fully saturated rings. The van der Waals surface area contributed by atoms with Crippen LogP contribution in [-0.2, 0) is 0 Å². The quantitative estimate of drug-likeness (QED) is 0.469. The molecule has 0 bridgehead atoms. The zero-order valence-electron chi connectivity index (χ0n) is 6.36. The van der Waals surface area contributed by atoms with Crippen LogP contribution in [0, 0.1) is 0 Å². The van der Waals surface area contributed by atoms with E-state index in [0.717, 1.165) is 18.9 Å². The molecule has 0 radical (unpaired) electrons. The van der Waals surface area contributed by atoms with Gasteiger partial charge in [0.15, 0.2) is 11.6 Å². The van der Waals surface area contributed by atoms with Crippen LogP contribution in [0.5, 0.6) is 0 Å². The summed E-state index contributed by atoms with van der Waals surface area (Å²) in [5.41, 5.74) is 2.96. The molecule has 4 nitrogen and oxygen atoms in total. The minimum Gasteiger partial charge on any atom is -0.319 e. The van der Waals surface area contributed by atoms with Crippen molar-refractivity contribution in [1.29, 1.82) is 0 Å². The molecule has 0 spiro atoms. The molecule has 0 N–H and O–H groups in total. The van der Waals surface area contributed by atoms with Crippen molar-refractivity contribution >= 4 is 12.4 Å². The molecule has 0 unspecified atom stereocenters. The van der Waals surface area contributed by atoms with E-state index < -0.39 is 0 Å². The Morgan fingerprint density at radius 3 is 2.17 bits per heavy atom. The predicted molar refractivity (Wildman–Crippen MR) is 44.4 cm³/mol. The lowest BCUT2D eigenvalue weighted by Crippen LogP contribution is -2.05. The molecule has 4 heterocycles. The lowest BCUT2D eigenvalue weighted by Gasteiger charge is -2.06. The SMILES string of the molecule is C1=NC(=C2N3CC3=C3CN32)N=C1. The van der Waals surface area contributed by atoms with Crippen LogP contribution < -0.4 is 0 Å². The smallest absolute Gasteiger partial charge is 0.194 e. The van der Waals surface area contributed by atoms with E-state index in [-0.39, 0.29) is 0 Å². The summed E-state index contributed by atoms with van der Waals surface area (Å²) in [7, 11) is 0. The van der Waals surface area contributed by atoms with Crippen molar-refractivity contribution in [2.24, 2.45) is 9.98 Å². The molecule has 4 aliphatic heterocycles. The molecule has 0 atom stereocenters. The summed E-state index contributed by atoms with van der Waals surface area (Å²) in [5, 5.41) is 0. The largest absolute Gasteiger partial charge is 0.319 e. The third kappa shape index (κ3) is 0.415. The lowest BCUT2D eigenvalue weighted by atomic mass is 10.6. The number of fused-ring (bicyclic) bond motifs is 2. The van der Waals surface area contributed by atoms with E-state index in [2.05, 4.69) is 19.8 Å². The topological polar surface area (TPSA) is 30.7 Å². The highest BCUT2D eigenvalue weighted by Crippen LogP contribution is 2.52. The van der Waals surface area contributed by atoms with Crippen LogP contribution in [0.2, 0.25) is 0 Å². The molecule has 4 aliphatic rings. The van der Waals surface area contributed by atoms with E-state index >= 15 is 0 Å². The molecule has 58 valence electrons. The summed E-state index contributed by atoms with van der Waals surface area (Å²) < 4.78 is 0. The molecular formula is C8H6N4. The number of hydrogen-bond donors (Lipinski definition) is 0. The van der Waals surface area contributed by atoms with Gasteiger partial charge in [0, 0.05) is 12.4 Å². The second-order valence-corrected chi connectivity index (χ2v) is 3.27. The van der Waals surface area contributed by atoms with E-state index in [1.165, 1.54) is 17.2 Å². The van der Waals surface area contributed by atoms with Crippen LogP contribution in [0.3, 0.4) is 0 Å². The molecule has 0 aromatic carbocycles. The van der Waals surface area contributed by atoms with Crippen LogP contribution in [0.1, 0.15) is 0 Å². The first-order chi connectivity index (χ1) is 5.95. The molecule has 0 aliphatic carbocycles. The molecule has 12 heavy (non-hydrogen) atoms. The molecule has 0 saturated carbocycles. The fraction of sp³-hybridized carbons (Fsp3) is 0.250. The average molecular weight is 158 g/mol. The first kappa shape index (κ1) is 5.13. The molecular weight excluding hydrogens is 152 g/mol. The predicted octanol–water partition coefficient (Wildman–Crippen LogP) is 0.125. The Morgan fingerprint density at radius 1 is 1.00 bits per heavy atom. The summed E-state index contributed by atoms with van der Waals surface area (Å²) in [5.74, 6) is 2.07. The molecule has 4 heteroatoms. The van der Waals surface area contributed by atoms with E-state index in [4.69, 9.17) is 0 Å². The van der Waals surface area contributed by atoms with Crippen LogP contribution in [0.15, 0.2) is 33.0 Å². The van der Waals surface area contributed by atoms with Crippen LogP contribution in [0.4, 0.5) is 0 Å². The molecule has 2 saturated heterocycles. The maximum atomic E-state index is 4.19. The van der Waals surface area contributed by atoms with Crippen molar-refractivity contribution in [3.8, 4) is 0 Å². The van der Waals surface area contributed by atoms with Crippen LogP contribution >= 0.6 is 0 Å². The number of nitrogens with zero attached hydrogens (tertiary/aromatic N) is 4. The molecule has 4 rings (SSSR count). The van der Waals surface area contributed by atoms with Gasteiger partial charge in [0.25, 0.3) is 0 Å². The third-order valence-corrected chi connectivity index (χ3v) is 2.57. The van der Waals surface area contributed by atoms with Crippen molar-refractivity contribution in [3.05, 3.63) is 23.0 Å². The van der Waals surface area contributed by atoms with E-state index in [1.807, 2.05) is 0 Å². The number of aliphatic imine (C=N–C) groups is 2. The maximum absolute atomic E-state index is 4.19. The van der Waals surface area contributed by atoms with Crippen molar-refractivity contribution in [1.82, 2.24) is 9.80 Å². The first-order valence-electron chi connectivity index (χ1n) is 4.03. The van der Waals surface area contributed by atoms with Crippen molar-refractivity contribution in [3.63, 3.8) is 0 Å². The van der Waals surface area contributed by atoms with Crippen molar-refractivity contribution < 1.29 is 0 Å². The Labute approximate surface area is 69.2 Å². The van der Waals surface area contributed by atoms with Gasteiger partial charge in [-0.25, -0.2) is 9.98 Å². The average Bonchev–Trinajstić information content (AvgIpc) is 2.92. The standard InChI is InChI=1S/C8H6N4/c1-2-10-7(9-1)8-11-3-5(11)6-4-12(6)8/h1-2H,3-4H2. The summed E-state index contributed by atoms with van der Waals surface area (Å²) in [6.45, 7) is 2.21. The van der Waals surface area contributed by atoms with Gasteiger partial charge in [-0.05, 0) is 0 Å². The van der Waals surface area contributed by atoms with Crippen molar-refractivity contribution in [2.75, 3.05) is 13.1 Å². The highest BCUT2D eigenvalue weighted by Gasteiger charge is 2.53. The van der Waals surface area contributed by atoms with Gasteiger partial charge in [-0.1, -0.05) is 0 Å². The van der Waals surface area contributed by atoms with Gasteiger partial charge in [-0.15, -0.1) is 0 Å². The van der Waals surface area contributed by atoms with Gasteiger partial charge in [0.1, 0.15) is 0 Å². The van der Waals surface area contributed by atoms with Gasteiger partial charge >= 0.3 is 0 Å². The van der Waals surface area contributed by atoms with Gasteiger partial charge < -0.3 is 9.80 Å². The first-order valence-corrected chi connectivity index (χ1v) is 4.03. The lowest BCUT2D eigenvalue weighted by molar-refractivity contribution is 0.550. The normalized spacial score (nSPS) is 27.3. The van der Waals surface area contributed by atoms with Gasteiger partial charge in [0.05, 0.1) is 24.5 Å². The third-order valence-electron chi connectivity index (χ3n) is 2.57. The van der Waals surface area contributed by atoms with Crippen LogP contribution in [-0.4, -0.2) is 35.3 Å². The van der Waals surface area contributed by atoms with Crippen molar-refractivity contribution in [2.45, 2.75) is 0 Å². The van der Waals surface area contributed by atoms with Gasteiger partial charge in [0.2, 0.25) is 0 Å². The number of rotatable bonds is 0. The summed E-state index contributed by atoms with van der Waals surface area (Å²) >= 11 is 0.